The molecule has 1 spiro atoms. The first-order chi connectivity index (χ1) is 25.1. The minimum Gasteiger partial charge on any atom is -0.493 e. The molecule has 6 atom stereocenters. The average Bonchev–Trinajstić information content (AvgIpc) is 4.05. The van der Waals surface area contributed by atoms with E-state index < -0.39 is 46.6 Å². The maximum absolute atomic E-state index is 14.8. The highest BCUT2D eigenvalue weighted by molar-refractivity contribution is 6.39. The van der Waals surface area contributed by atoms with Crippen molar-refractivity contribution in [2.75, 3.05) is 13.2 Å². The standard InChI is InChI=1S/C42H60N4O7/c1-8-34(47)35(48)31(19-26-15-16-26)43-39(50)33-22-42(21-32(45-53-42)28-17-24(3)36(52-9-2)25(4)18-28)23-46(33)40(51)37(41(5,6)7)44-38(49)30-20-29(30)27-13-11-10-12-14-27/h17-18,26-27,29-31,33,37H,8-16,19-23H2,1-7H3,(H,43,50)(H,44,49)/t29-,30+,31-,33-,37+,42+/m0/s1. The predicted molar refractivity (Wildman–Crippen MR) is 201 cm³/mol. The van der Waals surface area contributed by atoms with E-state index in [1.165, 1.54) is 24.2 Å². The van der Waals surface area contributed by atoms with Crippen LogP contribution in [-0.2, 0) is 28.8 Å². The molecule has 1 aromatic carbocycles. The van der Waals surface area contributed by atoms with Gasteiger partial charge in [0.05, 0.1) is 24.9 Å². The van der Waals surface area contributed by atoms with E-state index in [1.807, 2.05) is 53.7 Å². The Bertz CT molecular complexity index is 1610. The molecule has 2 aliphatic heterocycles. The summed E-state index contributed by atoms with van der Waals surface area (Å²) in [6.45, 7) is 14.0. The molecule has 5 aliphatic rings. The third-order valence-electron chi connectivity index (χ3n) is 12.2. The topological polar surface area (TPSA) is 143 Å². The van der Waals surface area contributed by atoms with Crippen molar-refractivity contribution in [3.63, 3.8) is 0 Å². The second kappa shape index (κ2) is 15.5. The second-order valence-electron chi connectivity index (χ2n) is 17.6. The number of ether oxygens (including phenoxy) is 1. The molecule has 1 saturated heterocycles. The van der Waals surface area contributed by atoms with E-state index in [1.54, 1.807) is 6.92 Å². The SMILES string of the molecule is CCOc1c(C)cc(C2=NO[C@]3(C2)C[C@@H](C(=O)N[C@@H](CC2CC2)C(=O)C(=O)CC)N(C(=O)[C@@H](NC(=O)[C@@H]2C[C@H]2C2CCCCC2)C(C)(C)C)C3)cc1C. The Balaban J connectivity index is 1.25. The number of carbonyl (C=O) groups is 5. The smallest absolute Gasteiger partial charge is 0.246 e. The molecule has 3 amide bonds. The Labute approximate surface area is 314 Å². The Kier molecular flexibility index (Phi) is 11.4. The number of hydrogen-bond donors (Lipinski definition) is 2. The number of benzene rings is 1. The number of Topliss-reactive ketones (excluding diaryl/α,β-unsaturated/α-hetero) is 2. The van der Waals surface area contributed by atoms with Gasteiger partial charge in [-0.3, -0.25) is 24.0 Å². The molecule has 4 fully saturated rings. The van der Waals surface area contributed by atoms with E-state index in [-0.39, 0.29) is 43.0 Å². The monoisotopic (exact) mass is 732 g/mol. The normalized spacial score (nSPS) is 26.7. The molecule has 0 unspecified atom stereocenters. The number of nitrogens with zero attached hydrogens (tertiary/aromatic N) is 2. The lowest BCUT2D eigenvalue weighted by atomic mass is 9.84. The van der Waals surface area contributed by atoms with Gasteiger partial charge in [0.1, 0.15) is 17.8 Å². The van der Waals surface area contributed by atoms with Crippen molar-refractivity contribution < 1.29 is 33.5 Å². The Morgan fingerprint density at radius 1 is 0.981 bits per heavy atom. The maximum Gasteiger partial charge on any atom is 0.246 e. The number of nitrogens with one attached hydrogen (secondary N) is 2. The van der Waals surface area contributed by atoms with Crippen molar-refractivity contribution in [2.45, 2.75) is 149 Å². The Morgan fingerprint density at radius 2 is 1.66 bits per heavy atom. The Hall–Kier alpha value is -3.76. The molecule has 0 aromatic heterocycles. The summed E-state index contributed by atoms with van der Waals surface area (Å²) in [6, 6.07) is 1.20. The summed E-state index contributed by atoms with van der Waals surface area (Å²) in [7, 11) is 0. The van der Waals surface area contributed by atoms with E-state index in [4.69, 9.17) is 9.57 Å². The second-order valence-corrected chi connectivity index (χ2v) is 17.6. The minimum atomic E-state index is -0.996. The van der Waals surface area contributed by atoms with Crippen molar-refractivity contribution >= 4 is 35.0 Å². The predicted octanol–water partition coefficient (Wildman–Crippen LogP) is 5.75. The highest BCUT2D eigenvalue weighted by atomic mass is 16.7. The number of amides is 3. The number of ketones is 2. The first kappa shape index (κ1) is 38.9. The van der Waals surface area contributed by atoms with E-state index in [2.05, 4.69) is 15.8 Å². The number of carbonyl (C=O) groups excluding carboxylic acids is 5. The van der Waals surface area contributed by atoms with Crippen molar-refractivity contribution in [2.24, 2.45) is 34.2 Å². The first-order valence-electron chi connectivity index (χ1n) is 20.1. The van der Waals surface area contributed by atoms with Crippen molar-refractivity contribution in [1.29, 1.82) is 0 Å². The third-order valence-corrected chi connectivity index (χ3v) is 12.2. The average molecular weight is 733 g/mol. The zero-order valence-electron chi connectivity index (χ0n) is 32.8. The molecule has 6 rings (SSSR count). The maximum atomic E-state index is 14.8. The van der Waals surface area contributed by atoms with E-state index in [0.29, 0.717) is 37.0 Å². The van der Waals surface area contributed by atoms with Crippen LogP contribution in [0.1, 0.15) is 128 Å². The van der Waals surface area contributed by atoms with Gasteiger partial charge >= 0.3 is 0 Å². The quantitative estimate of drug-likeness (QED) is 0.232. The van der Waals surface area contributed by atoms with Gasteiger partial charge in [-0.15, -0.1) is 0 Å². The minimum absolute atomic E-state index is 0.0566. The van der Waals surface area contributed by atoms with Gasteiger partial charge in [0.2, 0.25) is 23.5 Å². The lowest BCUT2D eigenvalue weighted by molar-refractivity contribution is -0.145. The summed E-state index contributed by atoms with van der Waals surface area (Å²) in [4.78, 5) is 76.4. The molecule has 53 heavy (non-hydrogen) atoms. The van der Waals surface area contributed by atoms with Crippen LogP contribution in [0.2, 0.25) is 0 Å². The highest BCUT2D eigenvalue weighted by Crippen LogP contribution is 2.50. The zero-order chi connectivity index (χ0) is 38.2. The van der Waals surface area contributed by atoms with Gasteiger partial charge in [0.15, 0.2) is 11.4 Å². The van der Waals surface area contributed by atoms with Crippen LogP contribution in [0.3, 0.4) is 0 Å². The van der Waals surface area contributed by atoms with Gasteiger partial charge in [-0.1, -0.05) is 77.8 Å². The first-order valence-corrected chi connectivity index (χ1v) is 20.1. The van der Waals surface area contributed by atoms with Gasteiger partial charge in [-0.2, -0.15) is 0 Å². The van der Waals surface area contributed by atoms with Crippen molar-refractivity contribution in [3.05, 3.63) is 28.8 Å². The van der Waals surface area contributed by atoms with E-state index in [9.17, 15) is 24.0 Å². The van der Waals surface area contributed by atoms with Crippen molar-refractivity contribution in [1.82, 2.24) is 15.5 Å². The fourth-order valence-electron chi connectivity index (χ4n) is 8.99. The molecule has 11 nitrogen and oxygen atoms in total. The fraction of sp³-hybridized carbons (Fsp3) is 0.714. The van der Waals surface area contributed by atoms with Crippen LogP contribution in [0.15, 0.2) is 17.3 Å². The summed E-state index contributed by atoms with van der Waals surface area (Å²) >= 11 is 0. The summed E-state index contributed by atoms with van der Waals surface area (Å²) in [6.07, 6.45) is 9.72. The van der Waals surface area contributed by atoms with Gasteiger partial charge < -0.3 is 25.1 Å². The zero-order valence-corrected chi connectivity index (χ0v) is 32.8. The third kappa shape index (κ3) is 8.64. The van der Waals surface area contributed by atoms with E-state index >= 15 is 0 Å². The number of likely N-dealkylation sites (tertiary alicyclic amines) is 1. The molecule has 290 valence electrons. The highest BCUT2D eigenvalue weighted by Gasteiger charge is 2.56. The molecule has 2 N–H and O–H groups in total. The van der Waals surface area contributed by atoms with Crippen LogP contribution in [0, 0.1) is 42.9 Å². The van der Waals surface area contributed by atoms with Crippen LogP contribution < -0.4 is 15.4 Å². The molecule has 0 bridgehead atoms. The molecule has 11 heteroatoms. The fourth-order valence-corrected chi connectivity index (χ4v) is 8.99. The summed E-state index contributed by atoms with van der Waals surface area (Å²) in [5.41, 5.74) is 1.90. The lowest BCUT2D eigenvalue weighted by Gasteiger charge is -2.36. The van der Waals surface area contributed by atoms with E-state index in [0.717, 1.165) is 54.5 Å². The van der Waals surface area contributed by atoms with Crippen LogP contribution in [0.4, 0.5) is 0 Å². The molecule has 3 aliphatic carbocycles. The van der Waals surface area contributed by atoms with Gasteiger partial charge in [-0.25, -0.2) is 0 Å². The molecule has 2 heterocycles. The molecule has 0 radical (unpaired) electrons. The van der Waals surface area contributed by atoms with Gasteiger partial charge in [-0.05, 0) is 80.0 Å². The number of rotatable bonds is 14. The summed E-state index contributed by atoms with van der Waals surface area (Å²) in [5, 5.41) is 10.6. The molecule has 3 saturated carbocycles. The van der Waals surface area contributed by atoms with Crippen LogP contribution >= 0.6 is 0 Å². The number of oxime groups is 1. The van der Waals surface area contributed by atoms with Crippen LogP contribution in [0.25, 0.3) is 0 Å². The molecule has 1 aromatic rings. The Morgan fingerprint density at radius 3 is 2.26 bits per heavy atom. The summed E-state index contributed by atoms with van der Waals surface area (Å²) in [5.74, 6) is -0.132. The largest absolute Gasteiger partial charge is 0.493 e. The van der Waals surface area contributed by atoms with Crippen LogP contribution in [0.5, 0.6) is 5.75 Å². The number of aryl methyl sites for hydroxylation is 2. The summed E-state index contributed by atoms with van der Waals surface area (Å²) < 4.78 is 5.85. The lowest BCUT2D eigenvalue weighted by Crippen LogP contribution is -2.59. The van der Waals surface area contributed by atoms with Gasteiger partial charge in [0.25, 0.3) is 0 Å². The van der Waals surface area contributed by atoms with Gasteiger partial charge in [0, 0.05) is 30.7 Å². The van der Waals surface area contributed by atoms with Crippen LogP contribution in [-0.4, -0.2) is 76.8 Å². The molecular formula is C42H60N4O7. The number of hydrogen-bond acceptors (Lipinski definition) is 8. The van der Waals surface area contributed by atoms with Crippen molar-refractivity contribution in [3.8, 4) is 5.75 Å². The molecular weight excluding hydrogens is 672 g/mol.